The lowest BCUT2D eigenvalue weighted by Crippen LogP contribution is -2.36. The van der Waals surface area contributed by atoms with Gasteiger partial charge in [-0.25, -0.2) is 8.42 Å². The largest absolute Gasteiger partial charge is 0.302 e. The summed E-state index contributed by atoms with van der Waals surface area (Å²) in [7, 11) is -3.68. The molecular weight excluding hydrogens is 252 g/mol. The van der Waals surface area contributed by atoms with Crippen molar-refractivity contribution in [1.82, 2.24) is 4.31 Å². The van der Waals surface area contributed by atoms with E-state index in [-0.39, 0.29) is 10.5 Å². The van der Waals surface area contributed by atoms with Crippen molar-refractivity contribution in [3.63, 3.8) is 0 Å². The summed E-state index contributed by atoms with van der Waals surface area (Å²) in [4.78, 5) is 10.9. The van der Waals surface area contributed by atoms with Crippen LogP contribution in [-0.2, 0) is 14.8 Å². The molecule has 6 heteroatoms. The molecular formula is C12H12N2O3S. The molecule has 0 unspecified atom stereocenters. The van der Waals surface area contributed by atoms with Gasteiger partial charge in [0.2, 0.25) is 10.0 Å². The molecule has 5 nitrogen and oxygen atoms in total. The molecule has 1 aliphatic rings. The number of carbonyl (C=O) groups is 1. The number of carbonyl (C=O) groups excluding carboxylic acids is 1. The third-order valence-corrected chi connectivity index (χ3v) is 4.90. The Morgan fingerprint density at radius 2 is 2.22 bits per heavy atom. The minimum Gasteiger partial charge on any atom is -0.302 e. The summed E-state index contributed by atoms with van der Waals surface area (Å²) in [6.45, 7) is 0.350. The molecule has 1 aliphatic heterocycles. The van der Waals surface area contributed by atoms with E-state index in [1.807, 2.05) is 6.07 Å². The number of rotatable bonds is 3. The Bertz CT molecular complexity index is 604. The molecule has 1 aromatic rings. The zero-order chi connectivity index (χ0) is 13.2. The van der Waals surface area contributed by atoms with Crippen LogP contribution in [0, 0.1) is 11.3 Å². The van der Waals surface area contributed by atoms with Crippen molar-refractivity contribution < 1.29 is 13.2 Å². The van der Waals surface area contributed by atoms with Gasteiger partial charge in [-0.1, -0.05) is 6.07 Å². The quantitative estimate of drug-likeness (QED) is 0.760. The lowest BCUT2D eigenvalue weighted by molar-refractivity contribution is -0.110. The monoisotopic (exact) mass is 264 g/mol. The predicted octanol–water partition coefficient (Wildman–Crippen LogP) is 0.910. The maximum atomic E-state index is 12.3. The lowest BCUT2D eigenvalue weighted by Gasteiger charge is -2.19. The van der Waals surface area contributed by atoms with Crippen molar-refractivity contribution in [2.45, 2.75) is 23.8 Å². The van der Waals surface area contributed by atoms with Gasteiger partial charge < -0.3 is 4.79 Å². The van der Waals surface area contributed by atoms with E-state index in [0.717, 1.165) is 0 Å². The first kappa shape index (κ1) is 12.7. The lowest BCUT2D eigenvalue weighted by atomic mass is 10.2. The number of nitrogens with zero attached hydrogens (tertiary/aromatic N) is 2. The van der Waals surface area contributed by atoms with E-state index < -0.39 is 16.1 Å². The van der Waals surface area contributed by atoms with Gasteiger partial charge in [0.05, 0.1) is 22.6 Å². The van der Waals surface area contributed by atoms with Crippen molar-refractivity contribution in [3.8, 4) is 6.07 Å². The molecule has 0 amide bonds. The fourth-order valence-electron chi connectivity index (χ4n) is 2.06. The Hall–Kier alpha value is -1.71. The molecule has 0 aromatic heterocycles. The molecule has 1 saturated heterocycles. The highest BCUT2D eigenvalue weighted by Gasteiger charge is 2.35. The summed E-state index contributed by atoms with van der Waals surface area (Å²) < 4.78 is 25.9. The van der Waals surface area contributed by atoms with Crippen LogP contribution in [0.25, 0.3) is 0 Å². The van der Waals surface area contributed by atoms with Crippen molar-refractivity contribution >= 4 is 16.3 Å². The fourth-order valence-corrected chi connectivity index (χ4v) is 3.74. The number of nitriles is 1. The maximum absolute atomic E-state index is 12.3. The van der Waals surface area contributed by atoms with E-state index in [1.54, 1.807) is 6.07 Å². The van der Waals surface area contributed by atoms with E-state index >= 15 is 0 Å². The van der Waals surface area contributed by atoms with Crippen molar-refractivity contribution in [1.29, 1.82) is 5.26 Å². The van der Waals surface area contributed by atoms with Crippen molar-refractivity contribution in [3.05, 3.63) is 29.8 Å². The third-order valence-electron chi connectivity index (χ3n) is 2.98. The Morgan fingerprint density at radius 1 is 1.44 bits per heavy atom. The predicted molar refractivity (Wildman–Crippen MR) is 64.1 cm³/mol. The Balaban J connectivity index is 2.42. The molecule has 1 heterocycles. The molecule has 0 spiro atoms. The van der Waals surface area contributed by atoms with E-state index in [1.165, 1.54) is 22.5 Å². The molecule has 0 radical (unpaired) electrons. The van der Waals surface area contributed by atoms with Crippen molar-refractivity contribution in [2.24, 2.45) is 0 Å². The number of aldehydes is 1. The number of benzene rings is 1. The highest BCUT2D eigenvalue weighted by molar-refractivity contribution is 7.89. The van der Waals surface area contributed by atoms with Crippen LogP contribution < -0.4 is 0 Å². The van der Waals surface area contributed by atoms with Gasteiger partial charge >= 0.3 is 0 Å². The van der Waals surface area contributed by atoms with Crippen LogP contribution in [0.5, 0.6) is 0 Å². The molecule has 0 aliphatic carbocycles. The second-order valence-electron chi connectivity index (χ2n) is 4.10. The number of hydrogen-bond acceptors (Lipinski definition) is 4. The highest BCUT2D eigenvalue weighted by Crippen LogP contribution is 2.25. The van der Waals surface area contributed by atoms with Gasteiger partial charge in [0.1, 0.15) is 6.29 Å². The molecule has 2 rings (SSSR count). The average molecular weight is 264 g/mol. The van der Waals surface area contributed by atoms with Crippen LogP contribution in [0.3, 0.4) is 0 Å². The fraction of sp³-hybridized carbons (Fsp3) is 0.333. The first-order valence-corrected chi connectivity index (χ1v) is 7.01. The van der Waals surface area contributed by atoms with Gasteiger partial charge in [-0.2, -0.15) is 9.57 Å². The highest BCUT2D eigenvalue weighted by atomic mass is 32.2. The summed E-state index contributed by atoms with van der Waals surface area (Å²) >= 11 is 0. The Labute approximate surface area is 106 Å². The Kier molecular flexibility index (Phi) is 3.45. The van der Waals surface area contributed by atoms with Gasteiger partial charge in [0.25, 0.3) is 0 Å². The summed E-state index contributed by atoms with van der Waals surface area (Å²) in [5.74, 6) is 0. The molecule has 0 saturated carbocycles. The minimum atomic E-state index is -3.68. The summed E-state index contributed by atoms with van der Waals surface area (Å²) in [5, 5.41) is 8.78. The van der Waals surface area contributed by atoms with Crippen LogP contribution in [0.1, 0.15) is 18.4 Å². The van der Waals surface area contributed by atoms with Gasteiger partial charge in [-0.3, -0.25) is 0 Å². The third kappa shape index (κ3) is 2.15. The normalized spacial score (nSPS) is 20.5. The van der Waals surface area contributed by atoms with Crippen LogP contribution >= 0.6 is 0 Å². The van der Waals surface area contributed by atoms with Gasteiger partial charge in [0, 0.05) is 6.54 Å². The zero-order valence-corrected chi connectivity index (χ0v) is 10.4. The first-order chi connectivity index (χ1) is 8.59. The number of hydrogen-bond donors (Lipinski definition) is 0. The van der Waals surface area contributed by atoms with Gasteiger partial charge in [-0.05, 0) is 31.0 Å². The molecule has 1 aromatic carbocycles. The SMILES string of the molecule is N#Cc1cccc(S(=O)(=O)N2CCC[C@H]2C=O)c1. The Morgan fingerprint density at radius 3 is 2.89 bits per heavy atom. The summed E-state index contributed by atoms with van der Waals surface area (Å²) in [6.07, 6.45) is 1.90. The van der Waals surface area contributed by atoms with Gasteiger partial charge in [-0.15, -0.1) is 0 Å². The van der Waals surface area contributed by atoms with Crippen LogP contribution in [0.2, 0.25) is 0 Å². The molecule has 1 fully saturated rings. The van der Waals surface area contributed by atoms with Crippen LogP contribution in [-0.4, -0.2) is 31.6 Å². The molecule has 0 N–H and O–H groups in total. The van der Waals surface area contributed by atoms with E-state index in [2.05, 4.69) is 0 Å². The van der Waals surface area contributed by atoms with Crippen LogP contribution in [0.4, 0.5) is 0 Å². The summed E-state index contributed by atoms with van der Waals surface area (Å²) in [5.41, 5.74) is 0.290. The summed E-state index contributed by atoms with van der Waals surface area (Å²) in [6, 6.07) is 7.16. The molecule has 0 bridgehead atoms. The minimum absolute atomic E-state index is 0.0651. The zero-order valence-electron chi connectivity index (χ0n) is 9.61. The molecule has 94 valence electrons. The molecule has 1 atom stereocenters. The van der Waals surface area contributed by atoms with E-state index in [9.17, 15) is 13.2 Å². The second-order valence-corrected chi connectivity index (χ2v) is 5.99. The second kappa shape index (κ2) is 4.88. The van der Waals surface area contributed by atoms with Gasteiger partial charge in [0.15, 0.2) is 0 Å². The topological polar surface area (TPSA) is 78.2 Å². The number of sulfonamides is 1. The standard InChI is InChI=1S/C12H12N2O3S/c13-8-10-3-1-5-12(7-10)18(16,17)14-6-2-4-11(14)9-15/h1,3,5,7,9,11H,2,4,6H2/t11-/m0/s1. The van der Waals surface area contributed by atoms with Crippen molar-refractivity contribution in [2.75, 3.05) is 6.54 Å². The maximum Gasteiger partial charge on any atom is 0.243 e. The van der Waals surface area contributed by atoms with Crippen LogP contribution in [0.15, 0.2) is 29.2 Å². The average Bonchev–Trinajstić information content (AvgIpc) is 2.88. The molecule has 18 heavy (non-hydrogen) atoms. The smallest absolute Gasteiger partial charge is 0.243 e. The van der Waals surface area contributed by atoms with E-state index in [4.69, 9.17) is 5.26 Å². The first-order valence-electron chi connectivity index (χ1n) is 5.57. The van der Waals surface area contributed by atoms with E-state index in [0.29, 0.717) is 25.7 Å².